The van der Waals surface area contributed by atoms with E-state index in [-0.39, 0.29) is 11.9 Å². The van der Waals surface area contributed by atoms with E-state index >= 15 is 0 Å². The Bertz CT molecular complexity index is 293. The van der Waals surface area contributed by atoms with E-state index in [4.69, 9.17) is 0 Å². The highest BCUT2D eigenvalue weighted by Gasteiger charge is 2.57. The van der Waals surface area contributed by atoms with Gasteiger partial charge in [0, 0.05) is 6.54 Å². The van der Waals surface area contributed by atoms with Crippen LogP contribution in [0.15, 0.2) is 0 Å². The second-order valence-corrected chi connectivity index (χ2v) is 4.92. The first-order valence-electron chi connectivity index (χ1n) is 6.06. The molecule has 2 aliphatic rings. The van der Waals surface area contributed by atoms with Gasteiger partial charge in [0.05, 0.1) is 7.11 Å². The van der Waals surface area contributed by atoms with Crippen LogP contribution in [0.2, 0.25) is 0 Å². The number of carbonyl (C=O) groups excluding carboxylic acids is 2. The van der Waals surface area contributed by atoms with Gasteiger partial charge in [-0.2, -0.15) is 0 Å². The molecule has 1 N–H and O–H groups in total. The molecular formula is C12H19NO3. The molecule has 0 unspecified atom stereocenters. The zero-order chi connectivity index (χ0) is 11.6. The molecule has 0 aromatic carbocycles. The lowest BCUT2D eigenvalue weighted by atomic mass is 9.83. The van der Waals surface area contributed by atoms with E-state index < -0.39 is 5.41 Å². The van der Waals surface area contributed by atoms with Crippen molar-refractivity contribution in [2.75, 3.05) is 13.7 Å². The molecule has 0 spiro atoms. The predicted octanol–water partition coefficient (Wildman–Crippen LogP) is 1.25. The van der Waals surface area contributed by atoms with Gasteiger partial charge < -0.3 is 10.1 Å². The summed E-state index contributed by atoms with van der Waals surface area (Å²) in [7, 11) is 1.34. The largest absolute Gasteiger partial charge is 0.468 e. The summed E-state index contributed by atoms with van der Waals surface area (Å²) in [6.45, 7) is 0.697. The van der Waals surface area contributed by atoms with Crippen LogP contribution in [0.1, 0.15) is 38.5 Å². The van der Waals surface area contributed by atoms with Gasteiger partial charge in [-0.25, -0.2) is 0 Å². The molecule has 0 heterocycles. The molecular weight excluding hydrogens is 206 g/mol. The van der Waals surface area contributed by atoms with Crippen LogP contribution in [-0.4, -0.2) is 25.5 Å². The lowest BCUT2D eigenvalue weighted by Crippen LogP contribution is -2.38. The summed E-state index contributed by atoms with van der Waals surface area (Å²) in [5, 5.41) is 2.86. The van der Waals surface area contributed by atoms with Crippen LogP contribution in [-0.2, 0) is 14.3 Å². The summed E-state index contributed by atoms with van der Waals surface area (Å²) in [6, 6.07) is 0. The Morgan fingerprint density at radius 1 is 1.38 bits per heavy atom. The molecule has 0 atom stereocenters. The van der Waals surface area contributed by atoms with E-state index in [2.05, 4.69) is 10.1 Å². The van der Waals surface area contributed by atoms with E-state index in [1.54, 1.807) is 0 Å². The Balaban J connectivity index is 1.72. The monoisotopic (exact) mass is 225 g/mol. The lowest BCUT2D eigenvalue weighted by molar-refractivity contribution is -0.152. The minimum Gasteiger partial charge on any atom is -0.468 e. The van der Waals surface area contributed by atoms with Crippen LogP contribution in [0.5, 0.6) is 0 Å². The van der Waals surface area contributed by atoms with Crippen LogP contribution >= 0.6 is 0 Å². The van der Waals surface area contributed by atoms with Gasteiger partial charge >= 0.3 is 5.97 Å². The smallest absolute Gasteiger partial charge is 0.321 e. The van der Waals surface area contributed by atoms with Gasteiger partial charge in [-0.1, -0.05) is 19.3 Å². The number of hydrogen-bond donors (Lipinski definition) is 1. The second kappa shape index (κ2) is 4.44. The molecule has 2 aliphatic carbocycles. The summed E-state index contributed by atoms with van der Waals surface area (Å²) < 4.78 is 4.66. The minimum absolute atomic E-state index is 0.140. The number of hydrogen-bond acceptors (Lipinski definition) is 3. The first-order valence-corrected chi connectivity index (χ1v) is 6.06. The average molecular weight is 225 g/mol. The Hall–Kier alpha value is -1.06. The average Bonchev–Trinajstić information content (AvgIpc) is 3.01. The predicted molar refractivity (Wildman–Crippen MR) is 58.7 cm³/mol. The van der Waals surface area contributed by atoms with Crippen molar-refractivity contribution in [3.05, 3.63) is 0 Å². The topological polar surface area (TPSA) is 55.4 Å². The van der Waals surface area contributed by atoms with Crippen molar-refractivity contribution in [2.24, 2.45) is 11.3 Å². The third-order valence-corrected chi connectivity index (χ3v) is 3.82. The minimum atomic E-state index is -0.839. The molecule has 0 saturated heterocycles. The van der Waals surface area contributed by atoms with Crippen LogP contribution in [0.3, 0.4) is 0 Å². The Morgan fingerprint density at radius 3 is 2.50 bits per heavy atom. The molecule has 4 nitrogen and oxygen atoms in total. The molecule has 0 aliphatic heterocycles. The Morgan fingerprint density at radius 2 is 2.06 bits per heavy atom. The maximum atomic E-state index is 11.8. The van der Waals surface area contributed by atoms with Crippen molar-refractivity contribution in [2.45, 2.75) is 38.5 Å². The number of rotatable bonds is 5. The van der Waals surface area contributed by atoms with E-state index in [0.29, 0.717) is 19.4 Å². The fourth-order valence-electron chi connectivity index (χ4n) is 2.18. The fraction of sp³-hybridized carbons (Fsp3) is 0.833. The van der Waals surface area contributed by atoms with Crippen LogP contribution in [0.25, 0.3) is 0 Å². The van der Waals surface area contributed by atoms with Gasteiger partial charge in [0.1, 0.15) is 5.41 Å². The van der Waals surface area contributed by atoms with Gasteiger partial charge in [-0.05, 0) is 25.2 Å². The number of carbonyl (C=O) groups is 2. The van der Waals surface area contributed by atoms with Gasteiger partial charge in [0.15, 0.2) is 0 Å². The van der Waals surface area contributed by atoms with Crippen molar-refractivity contribution in [3.63, 3.8) is 0 Å². The van der Waals surface area contributed by atoms with Crippen molar-refractivity contribution in [1.29, 1.82) is 0 Å². The van der Waals surface area contributed by atoms with Gasteiger partial charge in [0.2, 0.25) is 5.91 Å². The zero-order valence-electron chi connectivity index (χ0n) is 9.75. The third kappa shape index (κ3) is 2.06. The standard InChI is InChI=1S/C12H19NO3/c1-16-11(15)12(6-7-12)10(14)13-8-5-9-3-2-4-9/h9H,2-8H2,1H3,(H,13,14). The first kappa shape index (κ1) is 11.4. The SMILES string of the molecule is COC(=O)C1(C(=O)NCCC2CCC2)CC1. The van der Waals surface area contributed by atoms with Gasteiger partial charge in [-0.3, -0.25) is 9.59 Å². The molecule has 1 amide bonds. The molecule has 2 fully saturated rings. The fourth-order valence-corrected chi connectivity index (χ4v) is 2.18. The first-order chi connectivity index (χ1) is 7.69. The summed E-state index contributed by atoms with van der Waals surface area (Å²) in [5.41, 5.74) is -0.839. The summed E-state index contributed by atoms with van der Waals surface area (Å²) in [5.74, 6) is 0.265. The number of ether oxygens (including phenoxy) is 1. The lowest BCUT2D eigenvalue weighted by Gasteiger charge is -2.25. The Labute approximate surface area is 95.7 Å². The number of esters is 1. The molecule has 4 heteroatoms. The van der Waals surface area contributed by atoms with Crippen LogP contribution in [0, 0.1) is 11.3 Å². The second-order valence-electron chi connectivity index (χ2n) is 4.92. The zero-order valence-corrected chi connectivity index (χ0v) is 9.75. The Kier molecular flexibility index (Phi) is 3.17. The quantitative estimate of drug-likeness (QED) is 0.566. The highest BCUT2D eigenvalue weighted by molar-refractivity contribution is 6.05. The van der Waals surface area contributed by atoms with Crippen molar-refractivity contribution >= 4 is 11.9 Å². The molecule has 0 aromatic heterocycles. The molecule has 16 heavy (non-hydrogen) atoms. The molecule has 2 saturated carbocycles. The molecule has 2 rings (SSSR count). The van der Waals surface area contributed by atoms with Crippen LogP contribution in [0.4, 0.5) is 0 Å². The van der Waals surface area contributed by atoms with E-state index in [9.17, 15) is 9.59 Å². The van der Waals surface area contributed by atoms with E-state index in [1.165, 1.54) is 26.4 Å². The maximum Gasteiger partial charge on any atom is 0.321 e. The molecule has 90 valence electrons. The van der Waals surface area contributed by atoms with Crippen molar-refractivity contribution in [1.82, 2.24) is 5.32 Å². The number of amides is 1. The third-order valence-electron chi connectivity index (χ3n) is 3.82. The molecule has 0 bridgehead atoms. The summed E-state index contributed by atoms with van der Waals surface area (Å²) in [4.78, 5) is 23.2. The van der Waals surface area contributed by atoms with Crippen molar-refractivity contribution < 1.29 is 14.3 Å². The summed E-state index contributed by atoms with van der Waals surface area (Å²) >= 11 is 0. The molecule has 0 radical (unpaired) electrons. The van der Waals surface area contributed by atoms with Gasteiger partial charge in [-0.15, -0.1) is 0 Å². The van der Waals surface area contributed by atoms with Crippen molar-refractivity contribution in [3.8, 4) is 0 Å². The number of methoxy groups -OCH3 is 1. The van der Waals surface area contributed by atoms with Gasteiger partial charge in [0.25, 0.3) is 0 Å². The summed E-state index contributed by atoms with van der Waals surface area (Å²) in [6.07, 6.45) is 6.22. The van der Waals surface area contributed by atoms with Crippen LogP contribution < -0.4 is 5.32 Å². The maximum absolute atomic E-state index is 11.8. The highest BCUT2D eigenvalue weighted by Crippen LogP contribution is 2.46. The number of nitrogens with one attached hydrogen (secondary N) is 1. The molecule has 0 aromatic rings. The van der Waals surface area contributed by atoms with E-state index in [0.717, 1.165) is 12.3 Å². The van der Waals surface area contributed by atoms with E-state index in [1.807, 2.05) is 0 Å². The highest BCUT2D eigenvalue weighted by atomic mass is 16.5. The normalized spacial score (nSPS) is 22.1.